The van der Waals surface area contributed by atoms with Gasteiger partial charge in [-0.25, -0.2) is 0 Å². The minimum atomic E-state index is 0.469. The summed E-state index contributed by atoms with van der Waals surface area (Å²) in [4.78, 5) is 4.57. The summed E-state index contributed by atoms with van der Waals surface area (Å²) in [5.74, 6) is 2.28. The van der Waals surface area contributed by atoms with Crippen LogP contribution in [0.5, 0.6) is 17.2 Å². The molecule has 0 aliphatic carbocycles. The topological polar surface area (TPSA) is 40.0 Å². The molecule has 0 saturated carbocycles. The summed E-state index contributed by atoms with van der Waals surface area (Å²) >= 11 is 2.29. The number of methoxy groups -OCH3 is 1. The van der Waals surface area contributed by atoms with Gasteiger partial charge in [-0.15, -0.1) is 0 Å². The van der Waals surface area contributed by atoms with Gasteiger partial charge in [0, 0.05) is 6.21 Å². The van der Waals surface area contributed by atoms with Crippen molar-refractivity contribution in [1.82, 2.24) is 0 Å². The van der Waals surface area contributed by atoms with E-state index in [1.54, 1.807) is 7.11 Å². The first-order valence-corrected chi connectivity index (χ1v) is 11.5. The summed E-state index contributed by atoms with van der Waals surface area (Å²) in [5.41, 5.74) is 2.95. The minimum absolute atomic E-state index is 0.469. The van der Waals surface area contributed by atoms with E-state index in [1.807, 2.05) is 43.5 Å². The SMILES string of the molecule is CCOc1cc(C=Nc2ccc(OC)cc2)cc(I)c1OCc1cccc2ccccc12. The molecule has 0 heterocycles. The van der Waals surface area contributed by atoms with Crippen LogP contribution in [0.3, 0.4) is 0 Å². The Labute approximate surface area is 202 Å². The molecule has 32 heavy (non-hydrogen) atoms. The summed E-state index contributed by atoms with van der Waals surface area (Å²) in [6.07, 6.45) is 1.83. The molecule has 0 amide bonds. The molecule has 162 valence electrons. The van der Waals surface area contributed by atoms with Crippen LogP contribution in [0.1, 0.15) is 18.1 Å². The van der Waals surface area contributed by atoms with Crippen molar-refractivity contribution >= 4 is 45.3 Å². The first-order valence-electron chi connectivity index (χ1n) is 10.4. The Morgan fingerprint density at radius 2 is 1.69 bits per heavy atom. The van der Waals surface area contributed by atoms with Crippen LogP contribution in [0.15, 0.2) is 83.9 Å². The molecule has 0 atom stereocenters. The van der Waals surface area contributed by atoms with Crippen LogP contribution in [-0.2, 0) is 6.61 Å². The van der Waals surface area contributed by atoms with Crippen LogP contribution in [0.25, 0.3) is 10.8 Å². The molecule has 4 aromatic rings. The number of halogens is 1. The molecule has 5 heteroatoms. The van der Waals surface area contributed by atoms with Gasteiger partial charge in [0.1, 0.15) is 12.4 Å². The fraction of sp³-hybridized carbons (Fsp3) is 0.148. The van der Waals surface area contributed by atoms with Crippen LogP contribution < -0.4 is 14.2 Å². The van der Waals surface area contributed by atoms with Gasteiger partial charge < -0.3 is 14.2 Å². The molecular formula is C27H24INO3. The Hall–Kier alpha value is -3.06. The second-order valence-electron chi connectivity index (χ2n) is 7.15. The quantitative estimate of drug-likeness (QED) is 0.177. The summed E-state index contributed by atoms with van der Waals surface area (Å²) in [6, 6.07) is 26.3. The fourth-order valence-electron chi connectivity index (χ4n) is 3.45. The second-order valence-corrected chi connectivity index (χ2v) is 8.31. The van der Waals surface area contributed by atoms with Gasteiger partial charge in [-0.2, -0.15) is 0 Å². The van der Waals surface area contributed by atoms with Crippen molar-refractivity contribution in [2.24, 2.45) is 4.99 Å². The largest absolute Gasteiger partial charge is 0.497 e. The lowest BCUT2D eigenvalue weighted by Gasteiger charge is -2.15. The van der Waals surface area contributed by atoms with E-state index in [-0.39, 0.29) is 0 Å². The van der Waals surface area contributed by atoms with Crippen LogP contribution in [0.4, 0.5) is 5.69 Å². The van der Waals surface area contributed by atoms with Crippen LogP contribution in [0.2, 0.25) is 0 Å². The van der Waals surface area contributed by atoms with E-state index in [2.05, 4.69) is 76.1 Å². The number of benzene rings is 4. The average Bonchev–Trinajstić information content (AvgIpc) is 2.83. The maximum absolute atomic E-state index is 6.27. The van der Waals surface area contributed by atoms with E-state index in [0.717, 1.165) is 37.6 Å². The molecule has 0 saturated heterocycles. The molecule has 0 N–H and O–H groups in total. The van der Waals surface area contributed by atoms with Crippen molar-refractivity contribution in [1.29, 1.82) is 0 Å². The third kappa shape index (κ3) is 5.22. The number of rotatable bonds is 8. The molecule has 4 nitrogen and oxygen atoms in total. The van der Waals surface area contributed by atoms with Gasteiger partial charge in [0.15, 0.2) is 11.5 Å². The van der Waals surface area contributed by atoms with E-state index in [4.69, 9.17) is 14.2 Å². The molecule has 4 rings (SSSR count). The summed E-state index contributed by atoms with van der Waals surface area (Å²) in [5, 5.41) is 2.41. The molecule has 4 aromatic carbocycles. The zero-order valence-electron chi connectivity index (χ0n) is 18.0. The van der Waals surface area contributed by atoms with Gasteiger partial charge in [-0.1, -0.05) is 42.5 Å². The molecule has 0 aliphatic heterocycles. The van der Waals surface area contributed by atoms with Crippen molar-refractivity contribution < 1.29 is 14.2 Å². The van der Waals surface area contributed by atoms with Gasteiger partial charge in [-0.3, -0.25) is 4.99 Å². The van der Waals surface area contributed by atoms with E-state index >= 15 is 0 Å². The Morgan fingerprint density at radius 1 is 0.906 bits per heavy atom. The van der Waals surface area contributed by atoms with Crippen molar-refractivity contribution in [2.75, 3.05) is 13.7 Å². The minimum Gasteiger partial charge on any atom is -0.497 e. The van der Waals surface area contributed by atoms with E-state index in [9.17, 15) is 0 Å². The van der Waals surface area contributed by atoms with Gasteiger partial charge in [0.05, 0.1) is 23.0 Å². The Kier molecular flexibility index (Phi) is 7.27. The first-order chi connectivity index (χ1) is 15.7. The second kappa shape index (κ2) is 10.5. The van der Waals surface area contributed by atoms with Gasteiger partial charge in [0.25, 0.3) is 0 Å². The highest BCUT2D eigenvalue weighted by Gasteiger charge is 2.13. The highest BCUT2D eigenvalue weighted by Crippen LogP contribution is 2.35. The smallest absolute Gasteiger partial charge is 0.175 e. The number of hydrogen-bond acceptors (Lipinski definition) is 4. The number of nitrogens with zero attached hydrogens (tertiary/aromatic N) is 1. The highest BCUT2D eigenvalue weighted by molar-refractivity contribution is 14.1. The van der Waals surface area contributed by atoms with Crippen molar-refractivity contribution in [2.45, 2.75) is 13.5 Å². The predicted octanol–water partition coefficient (Wildman–Crippen LogP) is 7.18. The molecule has 0 radical (unpaired) electrons. The molecule has 0 fully saturated rings. The monoisotopic (exact) mass is 537 g/mol. The third-order valence-corrected chi connectivity index (χ3v) is 5.82. The Morgan fingerprint density at radius 3 is 2.47 bits per heavy atom. The number of hydrogen-bond donors (Lipinski definition) is 0. The normalized spacial score (nSPS) is 11.1. The lowest BCUT2D eigenvalue weighted by molar-refractivity contribution is 0.268. The standard InChI is InChI=1S/C27H24INO3/c1-3-31-26-16-19(17-29-22-11-13-23(30-2)14-12-22)15-25(28)27(26)32-18-21-9-6-8-20-7-4-5-10-24(20)21/h4-17H,3,18H2,1-2H3. The van der Waals surface area contributed by atoms with Gasteiger partial charge in [-0.05, 0) is 87.8 Å². The average molecular weight is 537 g/mol. The maximum atomic E-state index is 6.27. The van der Waals surface area contributed by atoms with Crippen molar-refractivity contribution in [3.63, 3.8) is 0 Å². The zero-order valence-corrected chi connectivity index (χ0v) is 20.2. The fourth-order valence-corrected chi connectivity index (χ4v) is 4.23. The molecule has 0 aromatic heterocycles. The molecular weight excluding hydrogens is 513 g/mol. The summed E-state index contributed by atoms with van der Waals surface area (Å²) in [6.45, 7) is 3.00. The number of aliphatic imine (C=N–C) groups is 1. The number of ether oxygens (including phenoxy) is 3. The number of fused-ring (bicyclic) bond motifs is 1. The van der Waals surface area contributed by atoms with E-state index < -0.39 is 0 Å². The van der Waals surface area contributed by atoms with E-state index in [1.165, 1.54) is 10.8 Å². The van der Waals surface area contributed by atoms with Gasteiger partial charge >= 0.3 is 0 Å². The lowest BCUT2D eigenvalue weighted by atomic mass is 10.1. The predicted molar refractivity (Wildman–Crippen MR) is 139 cm³/mol. The summed E-state index contributed by atoms with van der Waals surface area (Å²) in [7, 11) is 1.65. The zero-order chi connectivity index (χ0) is 22.3. The van der Waals surface area contributed by atoms with Gasteiger partial charge in [0.2, 0.25) is 0 Å². The Balaban J connectivity index is 1.57. The van der Waals surface area contributed by atoms with Crippen LogP contribution in [-0.4, -0.2) is 19.9 Å². The van der Waals surface area contributed by atoms with Crippen molar-refractivity contribution in [3.8, 4) is 17.2 Å². The highest BCUT2D eigenvalue weighted by atomic mass is 127. The third-order valence-electron chi connectivity index (χ3n) is 5.02. The summed E-state index contributed by atoms with van der Waals surface area (Å²) < 4.78 is 18.4. The molecule has 0 aliphatic rings. The Bertz CT molecular complexity index is 1230. The molecule has 0 spiro atoms. The molecule has 0 unspecified atom stereocenters. The van der Waals surface area contributed by atoms with Crippen LogP contribution >= 0.6 is 22.6 Å². The van der Waals surface area contributed by atoms with Crippen molar-refractivity contribution in [3.05, 3.63) is 93.6 Å². The maximum Gasteiger partial charge on any atom is 0.175 e. The van der Waals surface area contributed by atoms with Crippen LogP contribution in [0, 0.1) is 3.57 Å². The lowest BCUT2D eigenvalue weighted by Crippen LogP contribution is -2.03. The molecule has 0 bridgehead atoms. The first kappa shape index (κ1) is 22.1. The van der Waals surface area contributed by atoms with E-state index in [0.29, 0.717) is 13.2 Å².